The van der Waals surface area contributed by atoms with Crippen molar-refractivity contribution in [3.63, 3.8) is 0 Å². The van der Waals surface area contributed by atoms with Crippen LogP contribution in [0.15, 0.2) is 60.9 Å². The molecular weight excluding hydrogens is 466 g/mol. The third-order valence-corrected chi connectivity index (χ3v) is 6.71. The van der Waals surface area contributed by atoms with Gasteiger partial charge in [-0.05, 0) is 87.0 Å². The molecule has 0 bridgehead atoms. The highest BCUT2D eigenvalue weighted by molar-refractivity contribution is 6.11. The Balaban J connectivity index is 1.45. The Hall–Kier alpha value is -3.91. The van der Waals surface area contributed by atoms with Crippen molar-refractivity contribution in [2.45, 2.75) is 32.9 Å². The zero-order valence-corrected chi connectivity index (χ0v) is 21.8. The molecule has 3 aromatic rings. The lowest BCUT2D eigenvalue weighted by molar-refractivity contribution is 0.0248. The summed E-state index contributed by atoms with van der Waals surface area (Å²) in [6.07, 6.45) is 2.80. The summed E-state index contributed by atoms with van der Waals surface area (Å²) >= 11 is 0. The number of hydrogen-bond acceptors (Lipinski definition) is 7. The Labute approximate surface area is 217 Å². The van der Waals surface area contributed by atoms with Gasteiger partial charge in [0.05, 0.1) is 17.8 Å². The third kappa shape index (κ3) is 5.29. The number of pyridine rings is 1. The van der Waals surface area contributed by atoms with Crippen molar-refractivity contribution < 1.29 is 14.3 Å². The molecule has 0 unspecified atom stereocenters. The van der Waals surface area contributed by atoms with E-state index in [-0.39, 0.29) is 12.5 Å². The molecule has 8 heteroatoms. The highest BCUT2D eigenvalue weighted by atomic mass is 16.6. The second-order valence-electron chi connectivity index (χ2n) is 10.6. The molecule has 5 rings (SSSR count). The van der Waals surface area contributed by atoms with Crippen LogP contribution in [0.2, 0.25) is 0 Å². The minimum Gasteiger partial charge on any atom is -0.443 e. The van der Waals surface area contributed by atoms with Crippen molar-refractivity contribution in [2.24, 2.45) is 0 Å². The number of nitrogens with one attached hydrogen (secondary N) is 1. The maximum atomic E-state index is 13.6. The van der Waals surface area contributed by atoms with Gasteiger partial charge >= 0.3 is 6.09 Å². The van der Waals surface area contributed by atoms with E-state index >= 15 is 0 Å². The summed E-state index contributed by atoms with van der Waals surface area (Å²) < 4.78 is 5.53. The summed E-state index contributed by atoms with van der Waals surface area (Å²) in [5, 5.41) is 3.42. The van der Waals surface area contributed by atoms with Crippen LogP contribution in [0, 0.1) is 0 Å². The Morgan fingerprint density at radius 3 is 2.27 bits per heavy atom. The maximum Gasteiger partial charge on any atom is 0.417 e. The molecule has 1 fully saturated rings. The number of ether oxygens (including phenoxy) is 1. The van der Waals surface area contributed by atoms with Crippen LogP contribution in [0.3, 0.4) is 0 Å². The fraction of sp³-hybridized carbons (Fsp3) is 0.345. The lowest BCUT2D eigenvalue weighted by Crippen LogP contribution is -2.44. The Morgan fingerprint density at radius 2 is 1.62 bits per heavy atom. The van der Waals surface area contributed by atoms with E-state index in [4.69, 9.17) is 4.74 Å². The molecule has 2 aliphatic heterocycles. The van der Waals surface area contributed by atoms with Crippen molar-refractivity contribution in [1.82, 2.24) is 14.8 Å². The van der Waals surface area contributed by atoms with Gasteiger partial charge in [0, 0.05) is 49.9 Å². The van der Waals surface area contributed by atoms with E-state index < -0.39 is 11.7 Å². The number of carbonyl (C=O) groups is 2. The van der Waals surface area contributed by atoms with Crippen LogP contribution in [-0.4, -0.2) is 65.6 Å². The van der Waals surface area contributed by atoms with Crippen LogP contribution in [0.1, 0.15) is 36.7 Å². The number of imide groups is 1. The quantitative estimate of drug-likeness (QED) is 0.533. The van der Waals surface area contributed by atoms with Crippen LogP contribution in [0.4, 0.5) is 21.9 Å². The monoisotopic (exact) mass is 499 g/mol. The number of aromatic nitrogens is 1. The van der Waals surface area contributed by atoms with Gasteiger partial charge < -0.3 is 19.9 Å². The maximum absolute atomic E-state index is 13.6. The first-order valence-electron chi connectivity index (χ1n) is 12.6. The van der Waals surface area contributed by atoms with Gasteiger partial charge in [0.2, 0.25) is 0 Å². The highest BCUT2D eigenvalue weighted by Gasteiger charge is 2.38. The molecule has 1 saturated heterocycles. The molecule has 2 amide bonds. The standard InChI is InChI=1S/C29H33N5O3/c1-29(2,3)37-28(36)34-19-24-23(20-11-13-30-14-12-20)9-10-25(26(24)27(34)35)31-21-5-7-22(8-6-21)33-17-15-32(4)16-18-33/h5-14,31H,15-19H2,1-4H3. The van der Waals surface area contributed by atoms with Gasteiger partial charge in [-0.3, -0.25) is 9.78 Å². The van der Waals surface area contributed by atoms with Gasteiger partial charge in [0.1, 0.15) is 5.60 Å². The van der Waals surface area contributed by atoms with Crippen LogP contribution >= 0.6 is 0 Å². The SMILES string of the molecule is CN1CCN(c2ccc(Nc3ccc(-c4ccncc4)c4c3C(=O)N(C(=O)OC(C)(C)C)C4)cc2)CC1. The highest BCUT2D eigenvalue weighted by Crippen LogP contribution is 2.38. The number of benzene rings is 2. The zero-order chi connectivity index (χ0) is 26.2. The first-order chi connectivity index (χ1) is 17.7. The van der Waals surface area contributed by atoms with E-state index in [0.717, 1.165) is 48.6 Å². The van der Waals surface area contributed by atoms with Gasteiger partial charge in [-0.15, -0.1) is 0 Å². The topological polar surface area (TPSA) is 78.0 Å². The van der Waals surface area contributed by atoms with E-state index in [1.807, 2.05) is 36.4 Å². The van der Waals surface area contributed by atoms with Gasteiger partial charge in [-0.2, -0.15) is 0 Å². The normalized spacial score (nSPS) is 16.1. The van der Waals surface area contributed by atoms with Gasteiger partial charge in [-0.1, -0.05) is 6.07 Å². The Morgan fingerprint density at radius 1 is 0.946 bits per heavy atom. The van der Waals surface area contributed by atoms with Crippen LogP contribution < -0.4 is 10.2 Å². The van der Waals surface area contributed by atoms with E-state index in [2.05, 4.69) is 39.3 Å². The second kappa shape index (κ2) is 9.86. The molecule has 8 nitrogen and oxygen atoms in total. The lowest BCUT2D eigenvalue weighted by atomic mass is 9.96. The number of carbonyl (C=O) groups excluding carboxylic acids is 2. The van der Waals surface area contributed by atoms with Crippen molar-refractivity contribution in [3.05, 3.63) is 72.1 Å². The van der Waals surface area contributed by atoms with Crippen molar-refractivity contribution in [3.8, 4) is 11.1 Å². The van der Waals surface area contributed by atoms with Crippen molar-refractivity contribution in [1.29, 1.82) is 0 Å². The summed E-state index contributed by atoms with van der Waals surface area (Å²) in [4.78, 5) is 36.5. The lowest BCUT2D eigenvalue weighted by Gasteiger charge is -2.34. The third-order valence-electron chi connectivity index (χ3n) is 6.71. The van der Waals surface area contributed by atoms with Crippen LogP contribution in [0.5, 0.6) is 0 Å². The number of hydrogen-bond donors (Lipinski definition) is 1. The zero-order valence-electron chi connectivity index (χ0n) is 21.8. The molecule has 2 aliphatic rings. The molecule has 0 aliphatic carbocycles. The predicted molar refractivity (Wildman–Crippen MR) is 145 cm³/mol. The van der Waals surface area contributed by atoms with Crippen molar-refractivity contribution in [2.75, 3.05) is 43.4 Å². The number of nitrogens with zero attached hydrogens (tertiary/aromatic N) is 4. The molecular formula is C29H33N5O3. The van der Waals surface area contributed by atoms with Crippen LogP contribution in [-0.2, 0) is 11.3 Å². The van der Waals surface area contributed by atoms with E-state index in [0.29, 0.717) is 11.3 Å². The average molecular weight is 500 g/mol. The molecule has 0 spiro atoms. The summed E-state index contributed by atoms with van der Waals surface area (Å²) in [6, 6.07) is 16.0. The average Bonchev–Trinajstić information content (AvgIpc) is 3.23. The summed E-state index contributed by atoms with van der Waals surface area (Å²) in [6.45, 7) is 9.63. The number of likely N-dealkylation sites (N-methyl/N-ethyl adjacent to an activating group) is 1. The molecule has 192 valence electrons. The smallest absolute Gasteiger partial charge is 0.417 e. The Kier molecular flexibility index (Phi) is 6.60. The summed E-state index contributed by atoms with van der Waals surface area (Å²) in [7, 11) is 2.15. The first kappa shape index (κ1) is 24.8. The van der Waals surface area contributed by atoms with E-state index in [1.165, 1.54) is 10.6 Å². The summed E-state index contributed by atoms with van der Waals surface area (Å²) in [5.74, 6) is -0.364. The fourth-order valence-electron chi connectivity index (χ4n) is 4.77. The number of anilines is 3. The number of piperazine rings is 1. The number of rotatable bonds is 4. The Bertz CT molecular complexity index is 1290. The van der Waals surface area contributed by atoms with Gasteiger partial charge in [0.25, 0.3) is 5.91 Å². The molecule has 2 aromatic carbocycles. The van der Waals surface area contributed by atoms with Gasteiger partial charge in [0.15, 0.2) is 0 Å². The minimum atomic E-state index is -0.702. The number of amides is 2. The van der Waals surface area contributed by atoms with E-state index in [1.54, 1.807) is 33.2 Å². The molecule has 1 aromatic heterocycles. The minimum absolute atomic E-state index is 0.151. The molecule has 0 saturated carbocycles. The molecule has 3 heterocycles. The van der Waals surface area contributed by atoms with E-state index in [9.17, 15) is 9.59 Å². The molecule has 37 heavy (non-hydrogen) atoms. The molecule has 1 N–H and O–H groups in total. The number of fused-ring (bicyclic) bond motifs is 1. The first-order valence-corrected chi connectivity index (χ1v) is 12.6. The van der Waals surface area contributed by atoms with Gasteiger partial charge in [-0.25, -0.2) is 9.69 Å². The predicted octanol–water partition coefficient (Wildman–Crippen LogP) is 5.13. The molecule has 0 radical (unpaired) electrons. The van der Waals surface area contributed by atoms with Crippen LogP contribution in [0.25, 0.3) is 11.1 Å². The molecule has 0 atom stereocenters. The largest absolute Gasteiger partial charge is 0.443 e. The van der Waals surface area contributed by atoms with Crippen molar-refractivity contribution >= 4 is 29.1 Å². The summed E-state index contributed by atoms with van der Waals surface area (Å²) in [5.41, 5.74) is 5.14. The second-order valence-corrected chi connectivity index (χ2v) is 10.6. The fourth-order valence-corrected chi connectivity index (χ4v) is 4.77.